The maximum Gasteiger partial charge on any atom is 0.159 e. The van der Waals surface area contributed by atoms with Crippen molar-refractivity contribution in [2.75, 3.05) is 18.0 Å². The lowest BCUT2D eigenvalue weighted by Crippen LogP contribution is -2.33. The molecular formula is C17H25NO. The van der Waals surface area contributed by atoms with Crippen LogP contribution in [0.25, 0.3) is 0 Å². The van der Waals surface area contributed by atoms with Gasteiger partial charge >= 0.3 is 0 Å². The molecule has 1 aliphatic heterocycles. The second-order valence-electron chi connectivity index (χ2n) is 5.63. The van der Waals surface area contributed by atoms with Gasteiger partial charge in [-0.2, -0.15) is 0 Å². The Morgan fingerprint density at radius 1 is 1.32 bits per heavy atom. The number of Topliss-reactive ketones (excluding diaryl/α,β-unsaturated/α-hetero) is 1. The molecular weight excluding hydrogens is 234 g/mol. The van der Waals surface area contributed by atoms with E-state index >= 15 is 0 Å². The molecule has 2 heteroatoms. The van der Waals surface area contributed by atoms with Crippen LogP contribution in [0.3, 0.4) is 0 Å². The number of nitrogens with zero attached hydrogens (tertiary/aromatic N) is 1. The second kappa shape index (κ2) is 6.23. The highest BCUT2D eigenvalue weighted by atomic mass is 16.1. The van der Waals surface area contributed by atoms with Gasteiger partial charge in [-0.05, 0) is 49.4 Å². The maximum absolute atomic E-state index is 11.5. The van der Waals surface area contributed by atoms with Gasteiger partial charge in [0.2, 0.25) is 0 Å². The van der Waals surface area contributed by atoms with E-state index in [9.17, 15) is 4.79 Å². The van der Waals surface area contributed by atoms with Crippen molar-refractivity contribution in [1.82, 2.24) is 0 Å². The van der Waals surface area contributed by atoms with E-state index in [0.717, 1.165) is 31.0 Å². The summed E-state index contributed by atoms with van der Waals surface area (Å²) in [5.74, 6) is 0.943. The fraction of sp³-hybridized carbons (Fsp3) is 0.588. The smallest absolute Gasteiger partial charge is 0.159 e. The minimum atomic E-state index is 0.167. The standard InChI is InChI=1S/C17H25NO/c1-4-14(5-2)12-18-10-6-7-16-11-15(13(3)19)8-9-17(16)18/h8-9,11,14H,4-7,10,12H2,1-3H3. The van der Waals surface area contributed by atoms with E-state index in [2.05, 4.69) is 30.9 Å². The number of fused-ring (bicyclic) bond motifs is 1. The van der Waals surface area contributed by atoms with Crippen molar-refractivity contribution in [3.8, 4) is 0 Å². The molecule has 1 heterocycles. The molecule has 0 saturated carbocycles. The Hall–Kier alpha value is -1.31. The van der Waals surface area contributed by atoms with Gasteiger partial charge in [-0.1, -0.05) is 26.7 Å². The Morgan fingerprint density at radius 2 is 2.05 bits per heavy atom. The lowest BCUT2D eigenvalue weighted by atomic mass is 9.95. The highest BCUT2D eigenvalue weighted by Crippen LogP contribution is 2.29. The van der Waals surface area contributed by atoms with E-state index in [1.165, 1.54) is 30.5 Å². The van der Waals surface area contributed by atoms with Gasteiger partial charge in [-0.3, -0.25) is 4.79 Å². The fourth-order valence-corrected chi connectivity index (χ4v) is 2.94. The van der Waals surface area contributed by atoms with Gasteiger partial charge < -0.3 is 4.90 Å². The molecule has 0 atom stereocenters. The SMILES string of the molecule is CCC(CC)CN1CCCc2cc(C(C)=O)ccc21. The summed E-state index contributed by atoms with van der Waals surface area (Å²) in [5.41, 5.74) is 3.55. The number of hydrogen-bond acceptors (Lipinski definition) is 2. The zero-order chi connectivity index (χ0) is 13.8. The van der Waals surface area contributed by atoms with Crippen LogP contribution in [0.5, 0.6) is 0 Å². The molecule has 1 aromatic carbocycles. The number of anilines is 1. The predicted octanol–water partition coefficient (Wildman–Crippen LogP) is 4.08. The molecule has 1 aliphatic rings. The Bertz CT molecular complexity index is 449. The molecule has 0 aliphatic carbocycles. The molecule has 0 N–H and O–H groups in total. The highest BCUT2D eigenvalue weighted by molar-refractivity contribution is 5.94. The molecule has 0 spiro atoms. The molecule has 2 rings (SSSR count). The number of aryl methyl sites for hydroxylation is 1. The molecule has 0 radical (unpaired) electrons. The summed E-state index contributed by atoms with van der Waals surface area (Å²) in [7, 11) is 0. The first kappa shape index (κ1) is 14.1. The largest absolute Gasteiger partial charge is 0.371 e. The zero-order valence-corrected chi connectivity index (χ0v) is 12.4. The van der Waals surface area contributed by atoms with Crippen molar-refractivity contribution in [2.45, 2.75) is 46.5 Å². The van der Waals surface area contributed by atoms with Crippen LogP contribution in [0.4, 0.5) is 5.69 Å². The van der Waals surface area contributed by atoms with E-state index in [4.69, 9.17) is 0 Å². The summed E-state index contributed by atoms with van der Waals surface area (Å²) in [6, 6.07) is 6.22. The molecule has 1 aromatic rings. The quantitative estimate of drug-likeness (QED) is 0.743. The summed E-state index contributed by atoms with van der Waals surface area (Å²) >= 11 is 0. The number of rotatable bonds is 5. The van der Waals surface area contributed by atoms with E-state index in [1.807, 2.05) is 6.07 Å². The van der Waals surface area contributed by atoms with Crippen LogP contribution in [-0.4, -0.2) is 18.9 Å². The van der Waals surface area contributed by atoms with Crippen molar-refractivity contribution in [2.24, 2.45) is 5.92 Å². The molecule has 0 amide bonds. The molecule has 19 heavy (non-hydrogen) atoms. The fourth-order valence-electron chi connectivity index (χ4n) is 2.94. The van der Waals surface area contributed by atoms with Gasteiger partial charge in [0.1, 0.15) is 0 Å². The predicted molar refractivity (Wildman–Crippen MR) is 81.1 cm³/mol. The van der Waals surface area contributed by atoms with Crippen LogP contribution in [0, 0.1) is 5.92 Å². The minimum Gasteiger partial charge on any atom is -0.371 e. The van der Waals surface area contributed by atoms with Crippen LogP contribution < -0.4 is 4.90 Å². The Balaban J connectivity index is 2.22. The number of hydrogen-bond donors (Lipinski definition) is 0. The summed E-state index contributed by atoms with van der Waals surface area (Å²) < 4.78 is 0. The third kappa shape index (κ3) is 3.17. The molecule has 0 saturated heterocycles. The summed E-state index contributed by atoms with van der Waals surface area (Å²) in [5, 5.41) is 0. The topological polar surface area (TPSA) is 20.3 Å². The lowest BCUT2D eigenvalue weighted by Gasteiger charge is -2.34. The number of carbonyl (C=O) groups excluding carboxylic acids is 1. The average molecular weight is 259 g/mol. The second-order valence-corrected chi connectivity index (χ2v) is 5.63. The first-order valence-corrected chi connectivity index (χ1v) is 7.54. The van der Waals surface area contributed by atoms with Crippen molar-refractivity contribution in [1.29, 1.82) is 0 Å². The molecule has 104 valence electrons. The summed E-state index contributed by atoms with van der Waals surface area (Å²) in [6.45, 7) is 8.50. The molecule has 0 aromatic heterocycles. The third-order valence-corrected chi connectivity index (χ3v) is 4.33. The van der Waals surface area contributed by atoms with Crippen LogP contribution in [0.15, 0.2) is 18.2 Å². The van der Waals surface area contributed by atoms with Crippen molar-refractivity contribution in [3.05, 3.63) is 29.3 Å². The van der Waals surface area contributed by atoms with Gasteiger partial charge in [0.15, 0.2) is 5.78 Å². The van der Waals surface area contributed by atoms with E-state index in [0.29, 0.717) is 0 Å². The highest BCUT2D eigenvalue weighted by Gasteiger charge is 2.19. The first-order valence-electron chi connectivity index (χ1n) is 7.54. The van der Waals surface area contributed by atoms with Crippen molar-refractivity contribution < 1.29 is 4.79 Å². The van der Waals surface area contributed by atoms with Crippen LogP contribution in [0.1, 0.15) is 56.0 Å². The van der Waals surface area contributed by atoms with Crippen LogP contribution >= 0.6 is 0 Å². The van der Waals surface area contributed by atoms with Crippen molar-refractivity contribution in [3.63, 3.8) is 0 Å². The molecule has 0 fully saturated rings. The average Bonchev–Trinajstić information content (AvgIpc) is 2.44. The number of carbonyl (C=O) groups is 1. The number of benzene rings is 1. The first-order chi connectivity index (χ1) is 9.15. The number of ketones is 1. The van der Waals surface area contributed by atoms with E-state index in [1.54, 1.807) is 6.92 Å². The molecule has 0 unspecified atom stereocenters. The Morgan fingerprint density at radius 3 is 2.68 bits per heavy atom. The van der Waals surface area contributed by atoms with E-state index in [-0.39, 0.29) is 5.78 Å². The maximum atomic E-state index is 11.5. The molecule has 2 nitrogen and oxygen atoms in total. The van der Waals surface area contributed by atoms with Crippen LogP contribution in [-0.2, 0) is 6.42 Å². The Labute approximate surface area is 116 Å². The summed E-state index contributed by atoms with van der Waals surface area (Å²) in [4.78, 5) is 14.0. The zero-order valence-electron chi connectivity index (χ0n) is 12.4. The van der Waals surface area contributed by atoms with Gasteiger partial charge in [0.05, 0.1) is 0 Å². The van der Waals surface area contributed by atoms with Gasteiger partial charge in [0, 0.05) is 24.3 Å². The van der Waals surface area contributed by atoms with E-state index < -0.39 is 0 Å². The summed E-state index contributed by atoms with van der Waals surface area (Å²) in [6.07, 6.45) is 4.80. The normalized spacial score (nSPS) is 14.6. The molecule has 0 bridgehead atoms. The van der Waals surface area contributed by atoms with Crippen LogP contribution in [0.2, 0.25) is 0 Å². The minimum absolute atomic E-state index is 0.167. The monoisotopic (exact) mass is 259 g/mol. The van der Waals surface area contributed by atoms with Crippen molar-refractivity contribution >= 4 is 11.5 Å². The van der Waals surface area contributed by atoms with Gasteiger partial charge in [-0.25, -0.2) is 0 Å². The lowest BCUT2D eigenvalue weighted by molar-refractivity contribution is 0.101. The third-order valence-electron chi connectivity index (χ3n) is 4.33. The Kier molecular flexibility index (Phi) is 4.62. The van der Waals surface area contributed by atoms with Gasteiger partial charge in [-0.15, -0.1) is 0 Å². The van der Waals surface area contributed by atoms with Gasteiger partial charge in [0.25, 0.3) is 0 Å².